The van der Waals surface area contributed by atoms with Crippen molar-refractivity contribution in [2.24, 2.45) is 0 Å². The molecule has 1 amide bonds. The molecule has 7 nitrogen and oxygen atoms in total. The lowest BCUT2D eigenvalue weighted by molar-refractivity contribution is -0.121. The van der Waals surface area contributed by atoms with Crippen molar-refractivity contribution >= 4 is 15.9 Å². The monoisotopic (exact) mass is 484 g/mol. The first-order chi connectivity index (χ1) is 16.4. The lowest BCUT2D eigenvalue weighted by Gasteiger charge is -2.35. The Kier molecular flexibility index (Phi) is 8.37. The molecule has 2 heterocycles. The minimum Gasteiger partial charge on any atom is -0.348 e. The van der Waals surface area contributed by atoms with E-state index in [1.165, 1.54) is 0 Å². The third-order valence-corrected chi connectivity index (χ3v) is 8.73. The number of likely N-dealkylation sites (N-methyl/N-ethyl adjacent to an activating group) is 1. The van der Waals surface area contributed by atoms with Gasteiger partial charge in [-0.25, -0.2) is 8.42 Å². The zero-order chi connectivity index (χ0) is 24.0. The van der Waals surface area contributed by atoms with Gasteiger partial charge in [-0.05, 0) is 43.1 Å². The molecule has 0 aromatic heterocycles. The van der Waals surface area contributed by atoms with E-state index in [1.807, 2.05) is 18.2 Å². The van der Waals surface area contributed by atoms with E-state index < -0.39 is 10.0 Å². The van der Waals surface area contributed by atoms with E-state index in [9.17, 15) is 13.2 Å². The van der Waals surface area contributed by atoms with E-state index in [4.69, 9.17) is 0 Å². The van der Waals surface area contributed by atoms with Crippen LogP contribution < -0.4 is 5.32 Å². The largest absolute Gasteiger partial charge is 0.348 e. The fourth-order valence-corrected chi connectivity index (χ4v) is 6.19. The number of carbonyl (C=O) groups excluding carboxylic acids is 1. The van der Waals surface area contributed by atoms with Gasteiger partial charge in [0.25, 0.3) is 0 Å². The second-order valence-electron chi connectivity index (χ2n) is 9.42. The van der Waals surface area contributed by atoms with Crippen LogP contribution in [0.5, 0.6) is 0 Å². The highest BCUT2D eigenvalue weighted by molar-refractivity contribution is 7.89. The van der Waals surface area contributed by atoms with Gasteiger partial charge in [-0.15, -0.1) is 0 Å². The van der Waals surface area contributed by atoms with E-state index in [1.54, 1.807) is 28.6 Å². The summed E-state index contributed by atoms with van der Waals surface area (Å²) in [6, 6.07) is 16.8. The van der Waals surface area contributed by atoms with Crippen molar-refractivity contribution in [1.82, 2.24) is 19.4 Å². The minimum atomic E-state index is -3.46. The number of carbonyl (C=O) groups is 1. The van der Waals surface area contributed by atoms with Crippen molar-refractivity contribution in [3.8, 4) is 0 Å². The van der Waals surface area contributed by atoms with Crippen LogP contribution in [-0.4, -0.2) is 81.3 Å². The van der Waals surface area contributed by atoms with Gasteiger partial charge >= 0.3 is 0 Å². The van der Waals surface area contributed by atoms with Crippen LogP contribution in [0.25, 0.3) is 0 Å². The van der Waals surface area contributed by atoms with E-state index in [-0.39, 0.29) is 18.4 Å². The molecule has 1 atom stereocenters. The molecule has 184 valence electrons. The van der Waals surface area contributed by atoms with E-state index >= 15 is 0 Å². The third-order valence-electron chi connectivity index (χ3n) is 6.81. The number of nitrogens with zero attached hydrogens (tertiary/aromatic N) is 3. The van der Waals surface area contributed by atoms with Crippen LogP contribution in [-0.2, 0) is 21.2 Å². The lowest BCUT2D eigenvalue weighted by Crippen LogP contribution is -2.48. The van der Waals surface area contributed by atoms with E-state index in [2.05, 4.69) is 34.3 Å². The van der Waals surface area contributed by atoms with Gasteiger partial charge in [-0.2, -0.15) is 4.31 Å². The van der Waals surface area contributed by atoms with Crippen LogP contribution in [0.1, 0.15) is 36.4 Å². The predicted molar refractivity (Wildman–Crippen MR) is 134 cm³/mol. The Morgan fingerprint density at radius 2 is 1.53 bits per heavy atom. The summed E-state index contributed by atoms with van der Waals surface area (Å²) in [4.78, 5) is 18.0. The normalized spacial score (nSPS) is 19.6. The van der Waals surface area contributed by atoms with Gasteiger partial charge in [0.2, 0.25) is 15.9 Å². The molecule has 4 rings (SSSR count). The molecule has 0 saturated carbocycles. The van der Waals surface area contributed by atoms with Crippen molar-refractivity contribution in [3.05, 3.63) is 65.7 Å². The fourth-order valence-electron chi connectivity index (χ4n) is 4.67. The molecule has 2 aromatic rings. The summed E-state index contributed by atoms with van der Waals surface area (Å²) in [6.45, 7) is 5.98. The minimum absolute atomic E-state index is 0.0605. The molecule has 0 aliphatic carbocycles. The number of nitrogens with one attached hydrogen (secondary N) is 1. The maximum Gasteiger partial charge on any atom is 0.243 e. The highest BCUT2D eigenvalue weighted by atomic mass is 32.2. The third kappa shape index (κ3) is 6.44. The maximum atomic E-state index is 13.0. The zero-order valence-electron chi connectivity index (χ0n) is 20.0. The van der Waals surface area contributed by atoms with Gasteiger partial charge in [-0.1, -0.05) is 48.9 Å². The summed E-state index contributed by atoms with van der Waals surface area (Å²) < 4.78 is 27.3. The Bertz CT molecular complexity index is 1030. The molecule has 1 unspecified atom stereocenters. The second-order valence-corrected chi connectivity index (χ2v) is 11.4. The topological polar surface area (TPSA) is 73.0 Å². The molecular weight excluding hydrogens is 448 g/mol. The molecule has 0 bridgehead atoms. The summed E-state index contributed by atoms with van der Waals surface area (Å²) in [7, 11) is -1.32. The fraction of sp³-hybridized carbons (Fsp3) is 0.500. The molecule has 0 radical (unpaired) electrons. The lowest BCUT2D eigenvalue weighted by atomic mass is 10.0. The number of rotatable bonds is 8. The number of piperazine rings is 1. The van der Waals surface area contributed by atoms with Crippen molar-refractivity contribution in [1.29, 1.82) is 0 Å². The van der Waals surface area contributed by atoms with Gasteiger partial charge in [-0.3, -0.25) is 9.69 Å². The first kappa shape index (κ1) is 24.9. The van der Waals surface area contributed by atoms with Gasteiger partial charge in [0.15, 0.2) is 0 Å². The summed E-state index contributed by atoms with van der Waals surface area (Å²) in [5, 5.41) is 3.22. The van der Waals surface area contributed by atoms with Crippen molar-refractivity contribution in [3.63, 3.8) is 0 Å². The number of hydrogen-bond acceptors (Lipinski definition) is 5. The Morgan fingerprint density at radius 3 is 2.18 bits per heavy atom. The van der Waals surface area contributed by atoms with Gasteiger partial charge in [0.1, 0.15) is 0 Å². The van der Waals surface area contributed by atoms with Gasteiger partial charge in [0, 0.05) is 45.8 Å². The average molecular weight is 485 g/mol. The summed E-state index contributed by atoms with van der Waals surface area (Å²) in [5.74, 6) is -0.0605. The summed E-state index contributed by atoms with van der Waals surface area (Å²) >= 11 is 0. The number of piperidine rings is 1. The molecule has 8 heteroatoms. The summed E-state index contributed by atoms with van der Waals surface area (Å²) in [5.41, 5.74) is 1.90. The van der Waals surface area contributed by atoms with Crippen molar-refractivity contribution in [2.45, 2.75) is 36.6 Å². The Hall–Kier alpha value is -2.26. The van der Waals surface area contributed by atoms with Crippen molar-refractivity contribution in [2.75, 3.05) is 52.9 Å². The number of sulfonamides is 1. The second kappa shape index (κ2) is 11.4. The molecule has 2 aromatic carbocycles. The van der Waals surface area contributed by atoms with E-state index in [0.29, 0.717) is 18.0 Å². The Labute approximate surface area is 203 Å². The maximum absolute atomic E-state index is 13.0. The van der Waals surface area contributed by atoms with Crippen LogP contribution in [0.2, 0.25) is 0 Å². The smallest absolute Gasteiger partial charge is 0.243 e. The zero-order valence-corrected chi connectivity index (χ0v) is 20.8. The van der Waals surface area contributed by atoms with Gasteiger partial charge < -0.3 is 10.2 Å². The number of amides is 1. The molecule has 2 fully saturated rings. The predicted octanol–water partition coefficient (Wildman–Crippen LogP) is 2.51. The summed E-state index contributed by atoms with van der Waals surface area (Å²) in [6.07, 6.45) is 3.12. The van der Waals surface area contributed by atoms with Crippen LogP contribution in [0.15, 0.2) is 59.5 Å². The molecular formula is C26H36N4O3S. The highest BCUT2D eigenvalue weighted by Gasteiger charge is 2.26. The number of benzene rings is 2. The molecule has 2 aliphatic rings. The molecule has 1 N–H and O–H groups in total. The average Bonchev–Trinajstić information content (AvgIpc) is 2.86. The highest BCUT2D eigenvalue weighted by Crippen LogP contribution is 2.21. The van der Waals surface area contributed by atoms with Crippen LogP contribution in [0.3, 0.4) is 0 Å². The van der Waals surface area contributed by atoms with Crippen LogP contribution >= 0.6 is 0 Å². The first-order valence-electron chi connectivity index (χ1n) is 12.3. The SMILES string of the molecule is CN1CCN(CC(NC(=O)Cc2ccc(S(=O)(=O)N3CCCCC3)cc2)c2ccccc2)CC1. The first-order valence-corrected chi connectivity index (χ1v) is 13.7. The molecule has 2 aliphatic heterocycles. The van der Waals surface area contributed by atoms with Crippen LogP contribution in [0.4, 0.5) is 0 Å². The molecule has 2 saturated heterocycles. The Balaban J connectivity index is 1.39. The number of hydrogen-bond donors (Lipinski definition) is 1. The molecule has 34 heavy (non-hydrogen) atoms. The standard InChI is InChI=1S/C26H36N4O3S/c1-28-16-18-29(19-17-28)21-25(23-8-4-2-5-9-23)27-26(31)20-22-10-12-24(13-11-22)34(32,33)30-14-6-3-7-15-30/h2,4-5,8-13,25H,3,6-7,14-21H2,1H3,(H,27,31). The van der Waals surface area contributed by atoms with Crippen LogP contribution in [0, 0.1) is 0 Å². The van der Waals surface area contributed by atoms with E-state index in [0.717, 1.165) is 63.1 Å². The van der Waals surface area contributed by atoms with Crippen molar-refractivity contribution < 1.29 is 13.2 Å². The van der Waals surface area contributed by atoms with Gasteiger partial charge in [0.05, 0.1) is 17.4 Å². The molecule has 0 spiro atoms. The Morgan fingerprint density at radius 1 is 0.882 bits per heavy atom. The quantitative estimate of drug-likeness (QED) is 0.623.